The molecule has 4 nitrogen and oxygen atoms in total. The van der Waals surface area contributed by atoms with E-state index in [2.05, 4.69) is 11.3 Å². The van der Waals surface area contributed by atoms with Crippen molar-refractivity contribution >= 4 is 6.21 Å². The Morgan fingerprint density at radius 2 is 1.75 bits per heavy atom. The van der Waals surface area contributed by atoms with Gasteiger partial charge in [-0.3, -0.25) is 0 Å². The van der Waals surface area contributed by atoms with E-state index in [4.69, 9.17) is 9.47 Å². The zero-order chi connectivity index (χ0) is 11.8. The molecular weight excluding hydrogens is 281 g/mol. The van der Waals surface area contributed by atoms with Gasteiger partial charge in [-0.05, 0) is 6.92 Å². The number of nitrogens with zero attached hydrogens (tertiary/aromatic N) is 2. The molecule has 0 saturated carbocycles. The summed E-state index contributed by atoms with van der Waals surface area (Å²) in [6.07, 6.45) is 3.17. The first kappa shape index (κ1) is 18.8. The van der Waals surface area contributed by atoms with Crippen LogP contribution in [0.2, 0.25) is 0 Å². The van der Waals surface area contributed by atoms with Gasteiger partial charge in [0.1, 0.15) is 13.0 Å². The van der Waals surface area contributed by atoms with Crippen LogP contribution in [-0.2, 0) is 42.2 Å². The van der Waals surface area contributed by atoms with Crippen LogP contribution in [0.25, 0.3) is 0 Å². The molecule has 2 aliphatic heterocycles. The molecule has 2 aliphatic rings. The van der Waals surface area contributed by atoms with Crippen molar-refractivity contribution < 1.29 is 42.2 Å². The van der Waals surface area contributed by atoms with Crippen molar-refractivity contribution in [3.63, 3.8) is 0 Å². The van der Waals surface area contributed by atoms with E-state index in [1.807, 2.05) is 41.7 Å². The van der Waals surface area contributed by atoms with Crippen LogP contribution in [0.3, 0.4) is 0 Å². The standard InChI is InChI=1S/C7H11N2O2.2C2H6.Y/c1-5-6-3-8-9(2)7(6)11-4-10-5;2*1-2;/h5-7H,4H2,1-2H3;2*1-2H3;/q-1;;;. The fraction of sp³-hybridized carbons (Fsp3) is 0.909. The quantitative estimate of drug-likeness (QED) is 0.643. The summed E-state index contributed by atoms with van der Waals surface area (Å²) in [4.78, 5) is 0. The van der Waals surface area contributed by atoms with Crippen molar-refractivity contribution in [2.24, 2.45) is 11.0 Å². The monoisotopic (exact) mass is 304 g/mol. The molecule has 0 bridgehead atoms. The number of hydrogen-bond acceptors (Lipinski definition) is 4. The minimum atomic E-state index is 0. The Kier molecular flexibility index (Phi) is 12.5. The molecule has 0 N–H and O–H groups in total. The maximum absolute atomic E-state index is 5.33. The van der Waals surface area contributed by atoms with Gasteiger partial charge < -0.3 is 25.8 Å². The van der Waals surface area contributed by atoms with Gasteiger partial charge in [0, 0.05) is 45.9 Å². The number of ether oxygens (including phenoxy) is 2. The molecule has 2 heterocycles. The Bertz CT molecular complexity index is 191. The molecule has 5 heteroatoms. The molecule has 16 heavy (non-hydrogen) atoms. The molecule has 2 rings (SSSR count). The summed E-state index contributed by atoms with van der Waals surface area (Å²) in [5, 5.41) is 5.79. The third-order valence-electron chi connectivity index (χ3n) is 2.12. The van der Waals surface area contributed by atoms with Crippen LogP contribution < -0.4 is 0 Å². The van der Waals surface area contributed by atoms with Gasteiger partial charge >= 0.3 is 0 Å². The number of hydrogen-bond donors (Lipinski definition) is 0. The summed E-state index contributed by atoms with van der Waals surface area (Å²) in [7, 11) is 1.88. The Morgan fingerprint density at radius 3 is 2.25 bits per heavy atom. The fourth-order valence-corrected chi connectivity index (χ4v) is 1.38. The van der Waals surface area contributed by atoms with E-state index >= 15 is 0 Å². The maximum Gasteiger partial charge on any atom is 0.149 e. The smallest absolute Gasteiger partial charge is 0.149 e. The normalized spacial score (nSPS) is 30.1. The molecule has 0 aromatic rings. The van der Waals surface area contributed by atoms with E-state index < -0.39 is 0 Å². The van der Waals surface area contributed by atoms with Gasteiger partial charge in [0.25, 0.3) is 0 Å². The number of rotatable bonds is 0. The van der Waals surface area contributed by atoms with E-state index in [9.17, 15) is 0 Å². The average Bonchev–Trinajstić information content (AvgIpc) is 2.68. The van der Waals surface area contributed by atoms with Gasteiger partial charge in [0.05, 0.1) is 0 Å². The van der Waals surface area contributed by atoms with Crippen LogP contribution >= 0.6 is 0 Å². The first-order valence-corrected chi connectivity index (χ1v) is 5.71. The molecular formula is C11H23N2O2Y-. The van der Waals surface area contributed by atoms with Gasteiger partial charge in [0.15, 0.2) is 0 Å². The van der Waals surface area contributed by atoms with E-state index in [-0.39, 0.29) is 51.0 Å². The minimum Gasteiger partial charge on any atom is -0.400 e. The Labute approximate surface area is 125 Å². The van der Waals surface area contributed by atoms with Gasteiger partial charge in [-0.2, -0.15) is 0 Å². The fourth-order valence-electron chi connectivity index (χ4n) is 1.38. The largest absolute Gasteiger partial charge is 0.400 e. The summed E-state index contributed by atoms with van der Waals surface area (Å²) in [5.41, 5.74) is 0. The van der Waals surface area contributed by atoms with E-state index in [1.165, 1.54) is 0 Å². The Hall–Kier alpha value is 0.494. The van der Waals surface area contributed by atoms with Crippen molar-refractivity contribution in [3.8, 4) is 0 Å². The van der Waals surface area contributed by atoms with Gasteiger partial charge in [-0.1, -0.05) is 33.6 Å². The molecule has 3 atom stereocenters. The van der Waals surface area contributed by atoms with Crippen LogP contribution in [0.1, 0.15) is 34.6 Å². The number of hydrazone groups is 1. The SMILES string of the molecule is CC.CC.CC1OCOC2C1[C-]=NN2C.[Y]. The molecule has 93 valence electrons. The van der Waals surface area contributed by atoms with Crippen molar-refractivity contribution in [1.29, 1.82) is 0 Å². The molecule has 0 aliphatic carbocycles. The first-order chi connectivity index (χ1) is 7.29. The van der Waals surface area contributed by atoms with Crippen LogP contribution in [0.15, 0.2) is 5.10 Å². The van der Waals surface area contributed by atoms with Gasteiger partial charge in [0.2, 0.25) is 0 Å². The summed E-state index contributed by atoms with van der Waals surface area (Å²) < 4.78 is 10.6. The Balaban J connectivity index is 0. The third-order valence-corrected chi connectivity index (χ3v) is 2.12. The zero-order valence-corrected chi connectivity index (χ0v) is 14.1. The summed E-state index contributed by atoms with van der Waals surface area (Å²) in [6.45, 7) is 10.4. The Morgan fingerprint density at radius 1 is 1.19 bits per heavy atom. The summed E-state index contributed by atoms with van der Waals surface area (Å²) in [5.74, 6) is 0.175. The second-order valence-corrected chi connectivity index (χ2v) is 2.88. The first-order valence-electron chi connectivity index (χ1n) is 5.71. The zero-order valence-electron chi connectivity index (χ0n) is 11.2. The van der Waals surface area contributed by atoms with Crippen LogP contribution in [0.4, 0.5) is 0 Å². The molecule has 3 unspecified atom stereocenters. The number of fused-ring (bicyclic) bond motifs is 1. The molecule has 0 aromatic heterocycles. The van der Waals surface area contributed by atoms with Crippen molar-refractivity contribution in [2.45, 2.75) is 47.0 Å². The van der Waals surface area contributed by atoms with Gasteiger partial charge in [-0.25, -0.2) is 0 Å². The van der Waals surface area contributed by atoms with E-state index in [0.717, 1.165) is 0 Å². The topological polar surface area (TPSA) is 34.1 Å². The van der Waals surface area contributed by atoms with E-state index in [0.29, 0.717) is 6.79 Å². The molecule has 1 fully saturated rings. The second kappa shape index (κ2) is 10.6. The van der Waals surface area contributed by atoms with Gasteiger partial charge in [-0.15, -0.1) is 0 Å². The maximum atomic E-state index is 5.33. The summed E-state index contributed by atoms with van der Waals surface area (Å²) >= 11 is 0. The van der Waals surface area contributed by atoms with Crippen LogP contribution in [0.5, 0.6) is 0 Å². The van der Waals surface area contributed by atoms with E-state index in [1.54, 1.807) is 5.01 Å². The van der Waals surface area contributed by atoms with Crippen LogP contribution in [-0.4, -0.2) is 37.4 Å². The van der Waals surface area contributed by atoms with Crippen LogP contribution in [0, 0.1) is 5.92 Å². The van der Waals surface area contributed by atoms with Crippen molar-refractivity contribution in [2.75, 3.05) is 13.8 Å². The predicted molar refractivity (Wildman–Crippen MR) is 61.7 cm³/mol. The van der Waals surface area contributed by atoms with Crippen molar-refractivity contribution in [1.82, 2.24) is 5.01 Å². The predicted octanol–water partition coefficient (Wildman–Crippen LogP) is 2.18. The second-order valence-electron chi connectivity index (χ2n) is 2.88. The molecule has 1 radical (unpaired) electrons. The summed E-state index contributed by atoms with van der Waals surface area (Å²) in [6, 6.07) is 0. The van der Waals surface area contributed by atoms with Crippen molar-refractivity contribution in [3.05, 3.63) is 0 Å². The minimum absolute atomic E-state index is 0. The third kappa shape index (κ3) is 4.78. The molecule has 1 saturated heterocycles. The molecule has 0 aromatic carbocycles. The average molecular weight is 304 g/mol. The molecule has 0 amide bonds. The molecule has 0 spiro atoms.